The van der Waals surface area contributed by atoms with Gasteiger partial charge in [-0.1, -0.05) is 34.1 Å². The van der Waals surface area contributed by atoms with Gasteiger partial charge in [0, 0.05) is 16.9 Å². The first-order chi connectivity index (χ1) is 6.29. The average molecular weight is 237 g/mol. The number of hydrogen-bond donors (Lipinski definition) is 1. The minimum Gasteiger partial charge on any atom is -0.384 e. The molecule has 1 aromatic heterocycles. The van der Waals surface area contributed by atoms with Gasteiger partial charge in [-0.2, -0.15) is 0 Å². The summed E-state index contributed by atoms with van der Waals surface area (Å²) in [5.74, 6) is 0.569. The lowest BCUT2D eigenvalue weighted by Gasteiger charge is -2.00. The highest BCUT2D eigenvalue weighted by Gasteiger charge is 1.96. The summed E-state index contributed by atoms with van der Waals surface area (Å²) in [5.41, 5.74) is 6.84. The molecule has 0 spiro atoms. The molecule has 13 heavy (non-hydrogen) atoms. The van der Waals surface area contributed by atoms with Gasteiger partial charge in [-0.15, -0.1) is 0 Å². The summed E-state index contributed by atoms with van der Waals surface area (Å²) in [4.78, 5) is 4.03. The Kier molecular flexibility index (Phi) is 2.19. The predicted octanol–water partition coefficient (Wildman–Crippen LogP) is 2.71. The van der Waals surface area contributed by atoms with E-state index in [0.29, 0.717) is 5.82 Å². The van der Waals surface area contributed by atoms with Crippen LogP contribution in [0.3, 0.4) is 0 Å². The standard InChI is InChI=1S/C10H9BrN2/c11-5-7-1-2-8-6-13-10(12)4-9(8)3-7/h1-4,6H,5H2,(H2,12,13). The molecule has 0 atom stereocenters. The molecule has 0 bridgehead atoms. The molecule has 0 fully saturated rings. The van der Waals surface area contributed by atoms with Crippen LogP contribution in [0.5, 0.6) is 0 Å². The number of nitrogens with two attached hydrogens (primary N) is 1. The van der Waals surface area contributed by atoms with Gasteiger partial charge in [-0.3, -0.25) is 0 Å². The van der Waals surface area contributed by atoms with Gasteiger partial charge in [-0.05, 0) is 17.0 Å². The van der Waals surface area contributed by atoms with Crippen LogP contribution in [0, 0.1) is 0 Å². The second kappa shape index (κ2) is 3.34. The normalized spacial score (nSPS) is 10.5. The Labute approximate surface area is 84.9 Å². The Balaban J connectivity index is 2.68. The topological polar surface area (TPSA) is 38.9 Å². The van der Waals surface area contributed by atoms with Crippen molar-refractivity contribution in [2.75, 3.05) is 5.73 Å². The van der Waals surface area contributed by atoms with E-state index in [9.17, 15) is 0 Å². The Hall–Kier alpha value is -1.09. The molecule has 0 unspecified atom stereocenters. The highest BCUT2D eigenvalue weighted by Crippen LogP contribution is 2.18. The molecule has 2 N–H and O–H groups in total. The number of halogens is 1. The number of alkyl halides is 1. The van der Waals surface area contributed by atoms with Gasteiger partial charge >= 0.3 is 0 Å². The van der Waals surface area contributed by atoms with Crippen molar-refractivity contribution >= 4 is 32.5 Å². The largest absolute Gasteiger partial charge is 0.384 e. The number of pyridine rings is 1. The van der Waals surface area contributed by atoms with Crippen molar-refractivity contribution in [1.82, 2.24) is 4.98 Å². The summed E-state index contributed by atoms with van der Waals surface area (Å²) < 4.78 is 0. The average Bonchev–Trinajstić information content (AvgIpc) is 2.16. The van der Waals surface area contributed by atoms with Crippen molar-refractivity contribution in [3.05, 3.63) is 36.0 Å². The lowest BCUT2D eigenvalue weighted by Crippen LogP contribution is -1.89. The van der Waals surface area contributed by atoms with Crippen molar-refractivity contribution in [2.24, 2.45) is 0 Å². The van der Waals surface area contributed by atoms with E-state index < -0.39 is 0 Å². The van der Waals surface area contributed by atoms with Crippen LogP contribution >= 0.6 is 15.9 Å². The molecular weight excluding hydrogens is 228 g/mol. The fourth-order valence-corrected chi connectivity index (χ4v) is 1.64. The number of anilines is 1. The minimum atomic E-state index is 0.569. The highest BCUT2D eigenvalue weighted by atomic mass is 79.9. The van der Waals surface area contributed by atoms with Crippen molar-refractivity contribution in [3.8, 4) is 0 Å². The van der Waals surface area contributed by atoms with E-state index >= 15 is 0 Å². The van der Waals surface area contributed by atoms with E-state index in [1.807, 2.05) is 6.07 Å². The molecule has 1 heterocycles. The molecule has 2 aromatic rings. The third-order valence-electron chi connectivity index (χ3n) is 1.96. The molecule has 66 valence electrons. The summed E-state index contributed by atoms with van der Waals surface area (Å²) in [6, 6.07) is 8.14. The van der Waals surface area contributed by atoms with Crippen molar-refractivity contribution in [1.29, 1.82) is 0 Å². The molecule has 2 nitrogen and oxygen atoms in total. The maximum Gasteiger partial charge on any atom is 0.123 e. The first kappa shape index (κ1) is 8.51. The zero-order valence-electron chi connectivity index (χ0n) is 7.00. The second-order valence-corrected chi connectivity index (χ2v) is 3.49. The Morgan fingerprint density at radius 3 is 2.85 bits per heavy atom. The summed E-state index contributed by atoms with van der Waals surface area (Å²) >= 11 is 3.41. The van der Waals surface area contributed by atoms with E-state index in [4.69, 9.17) is 5.73 Å². The number of nitrogen functional groups attached to an aromatic ring is 1. The van der Waals surface area contributed by atoms with Gasteiger partial charge in [0.05, 0.1) is 0 Å². The molecule has 2 rings (SSSR count). The monoisotopic (exact) mass is 236 g/mol. The van der Waals surface area contributed by atoms with Crippen LogP contribution in [0.1, 0.15) is 5.56 Å². The van der Waals surface area contributed by atoms with Gasteiger partial charge in [-0.25, -0.2) is 4.98 Å². The van der Waals surface area contributed by atoms with Gasteiger partial charge < -0.3 is 5.73 Å². The fourth-order valence-electron chi connectivity index (χ4n) is 1.29. The maximum atomic E-state index is 5.59. The van der Waals surface area contributed by atoms with Gasteiger partial charge in [0.1, 0.15) is 5.82 Å². The minimum absolute atomic E-state index is 0.569. The van der Waals surface area contributed by atoms with E-state index in [0.717, 1.165) is 16.1 Å². The van der Waals surface area contributed by atoms with E-state index in [2.05, 4.69) is 39.1 Å². The Bertz CT molecular complexity index is 440. The number of rotatable bonds is 1. The van der Waals surface area contributed by atoms with Crippen LogP contribution in [0.25, 0.3) is 10.8 Å². The molecule has 0 aliphatic heterocycles. The lowest BCUT2D eigenvalue weighted by atomic mass is 10.1. The SMILES string of the molecule is Nc1cc2cc(CBr)ccc2cn1. The maximum absolute atomic E-state index is 5.59. The van der Waals surface area contributed by atoms with E-state index in [1.165, 1.54) is 5.56 Å². The fraction of sp³-hybridized carbons (Fsp3) is 0.100. The van der Waals surface area contributed by atoms with E-state index in [-0.39, 0.29) is 0 Å². The molecule has 0 aliphatic carbocycles. The zero-order chi connectivity index (χ0) is 9.26. The Morgan fingerprint density at radius 1 is 1.23 bits per heavy atom. The summed E-state index contributed by atoms with van der Waals surface area (Å²) in [6.45, 7) is 0. The number of aromatic nitrogens is 1. The zero-order valence-corrected chi connectivity index (χ0v) is 8.58. The van der Waals surface area contributed by atoms with Crippen LogP contribution in [0.15, 0.2) is 30.5 Å². The van der Waals surface area contributed by atoms with Crippen molar-refractivity contribution < 1.29 is 0 Å². The van der Waals surface area contributed by atoms with Gasteiger partial charge in [0.2, 0.25) is 0 Å². The van der Waals surface area contributed by atoms with Crippen LogP contribution in [0.2, 0.25) is 0 Å². The Morgan fingerprint density at radius 2 is 2.08 bits per heavy atom. The number of benzene rings is 1. The smallest absolute Gasteiger partial charge is 0.123 e. The van der Waals surface area contributed by atoms with Crippen molar-refractivity contribution in [3.63, 3.8) is 0 Å². The van der Waals surface area contributed by atoms with Crippen LogP contribution in [-0.2, 0) is 5.33 Å². The summed E-state index contributed by atoms with van der Waals surface area (Å²) in [5, 5.41) is 3.13. The third-order valence-corrected chi connectivity index (χ3v) is 2.61. The number of fused-ring (bicyclic) bond motifs is 1. The summed E-state index contributed by atoms with van der Waals surface area (Å²) in [7, 11) is 0. The molecule has 1 aromatic carbocycles. The lowest BCUT2D eigenvalue weighted by molar-refractivity contribution is 1.36. The van der Waals surface area contributed by atoms with E-state index in [1.54, 1.807) is 6.20 Å². The third kappa shape index (κ3) is 1.65. The van der Waals surface area contributed by atoms with Crippen LogP contribution in [0.4, 0.5) is 5.82 Å². The van der Waals surface area contributed by atoms with Crippen LogP contribution in [-0.4, -0.2) is 4.98 Å². The molecule has 0 aliphatic rings. The van der Waals surface area contributed by atoms with Crippen molar-refractivity contribution in [2.45, 2.75) is 5.33 Å². The molecule has 0 saturated heterocycles. The molecule has 0 amide bonds. The molecule has 0 radical (unpaired) electrons. The van der Waals surface area contributed by atoms with Crippen LogP contribution < -0.4 is 5.73 Å². The molecule has 0 saturated carbocycles. The van der Waals surface area contributed by atoms with Gasteiger partial charge in [0.15, 0.2) is 0 Å². The molecular formula is C10H9BrN2. The second-order valence-electron chi connectivity index (χ2n) is 2.92. The number of hydrogen-bond acceptors (Lipinski definition) is 2. The first-order valence-electron chi connectivity index (χ1n) is 4.00. The predicted molar refractivity (Wildman–Crippen MR) is 58.8 cm³/mol. The quantitative estimate of drug-likeness (QED) is 0.774. The van der Waals surface area contributed by atoms with Gasteiger partial charge in [0.25, 0.3) is 0 Å². The number of nitrogens with zero attached hydrogens (tertiary/aromatic N) is 1. The highest BCUT2D eigenvalue weighted by molar-refractivity contribution is 9.08. The summed E-state index contributed by atoms with van der Waals surface area (Å²) in [6.07, 6.45) is 1.79. The first-order valence-corrected chi connectivity index (χ1v) is 5.12. The molecule has 3 heteroatoms.